The van der Waals surface area contributed by atoms with Crippen LogP contribution in [0.25, 0.3) is 5.69 Å². The Balaban J connectivity index is 1.34. The van der Waals surface area contributed by atoms with Gasteiger partial charge in [0, 0.05) is 5.56 Å². The lowest BCUT2D eigenvalue weighted by molar-refractivity contribution is 0.0940. The Bertz CT molecular complexity index is 1080. The number of para-hydroxylation sites is 1. The molecule has 0 fully saturated rings. The van der Waals surface area contributed by atoms with Crippen LogP contribution in [0.3, 0.4) is 0 Å². The van der Waals surface area contributed by atoms with Crippen molar-refractivity contribution in [2.45, 2.75) is 19.6 Å². The van der Waals surface area contributed by atoms with Gasteiger partial charge in [0.15, 0.2) is 0 Å². The van der Waals surface area contributed by atoms with Crippen molar-refractivity contribution in [1.82, 2.24) is 20.1 Å². The fourth-order valence-corrected chi connectivity index (χ4v) is 3.06. The Labute approximate surface area is 175 Å². The van der Waals surface area contributed by atoms with Crippen molar-refractivity contribution in [3.05, 3.63) is 108 Å². The van der Waals surface area contributed by atoms with Crippen LogP contribution in [0.5, 0.6) is 5.75 Å². The first-order valence-electron chi connectivity index (χ1n) is 9.71. The van der Waals surface area contributed by atoms with Crippen LogP contribution >= 0.6 is 0 Å². The van der Waals surface area contributed by atoms with E-state index in [-0.39, 0.29) is 11.9 Å². The molecule has 1 amide bonds. The molecule has 0 spiro atoms. The predicted molar refractivity (Wildman–Crippen MR) is 114 cm³/mol. The zero-order chi connectivity index (χ0) is 20.8. The minimum Gasteiger partial charge on any atom is -0.489 e. The summed E-state index contributed by atoms with van der Waals surface area (Å²) in [5.74, 6) is 0.710. The maximum atomic E-state index is 12.6. The highest BCUT2D eigenvalue weighted by Crippen LogP contribution is 2.17. The normalized spacial score (nSPS) is 11.6. The average molecular weight is 398 g/mol. The number of nitrogens with zero attached hydrogens (tertiary/aromatic N) is 3. The number of carbonyl (C=O) groups is 1. The Kier molecular flexibility index (Phi) is 5.85. The van der Waals surface area contributed by atoms with E-state index in [9.17, 15) is 4.79 Å². The van der Waals surface area contributed by atoms with Crippen molar-refractivity contribution in [3.8, 4) is 11.4 Å². The minimum atomic E-state index is -0.122. The lowest BCUT2D eigenvalue weighted by atomic mass is 10.1. The number of aromatic nitrogens is 3. The molecule has 0 aliphatic carbocycles. The monoisotopic (exact) mass is 398 g/mol. The first-order valence-corrected chi connectivity index (χ1v) is 9.71. The molecule has 4 rings (SSSR count). The van der Waals surface area contributed by atoms with E-state index in [0.29, 0.717) is 12.2 Å². The van der Waals surface area contributed by atoms with Crippen molar-refractivity contribution in [1.29, 1.82) is 0 Å². The smallest absolute Gasteiger partial charge is 0.251 e. The molecule has 0 aliphatic rings. The fourth-order valence-electron chi connectivity index (χ4n) is 3.06. The standard InChI is InChI=1S/C24H22N4O2/c1-18(20-11-13-22(14-12-20)28-17-25-16-26-28)27-24(29)21-9-7-19(8-10-21)15-30-23-5-3-2-4-6-23/h2-14,16-18H,15H2,1H3,(H,27,29). The summed E-state index contributed by atoms with van der Waals surface area (Å²) in [4.78, 5) is 16.6. The molecule has 0 saturated carbocycles. The van der Waals surface area contributed by atoms with Gasteiger partial charge in [-0.05, 0) is 54.4 Å². The predicted octanol–water partition coefficient (Wildman–Crippen LogP) is 4.34. The van der Waals surface area contributed by atoms with Gasteiger partial charge in [0.25, 0.3) is 5.91 Å². The van der Waals surface area contributed by atoms with Crippen molar-refractivity contribution in [2.24, 2.45) is 0 Å². The van der Waals surface area contributed by atoms with Crippen LogP contribution in [0.15, 0.2) is 91.5 Å². The van der Waals surface area contributed by atoms with Gasteiger partial charge in [-0.25, -0.2) is 9.67 Å². The molecule has 30 heavy (non-hydrogen) atoms. The third-order valence-corrected chi connectivity index (χ3v) is 4.79. The maximum absolute atomic E-state index is 12.6. The molecular formula is C24H22N4O2. The van der Waals surface area contributed by atoms with Crippen LogP contribution < -0.4 is 10.1 Å². The van der Waals surface area contributed by atoms with Crippen LogP contribution in [-0.2, 0) is 6.61 Å². The number of carbonyl (C=O) groups excluding carboxylic acids is 1. The van der Waals surface area contributed by atoms with Crippen LogP contribution in [0.1, 0.15) is 34.5 Å². The second kappa shape index (κ2) is 9.05. The number of hydrogen-bond acceptors (Lipinski definition) is 4. The molecule has 0 bridgehead atoms. The summed E-state index contributed by atoms with van der Waals surface area (Å²) in [7, 11) is 0. The molecule has 0 aliphatic heterocycles. The lowest BCUT2D eigenvalue weighted by Gasteiger charge is -2.15. The zero-order valence-corrected chi connectivity index (χ0v) is 16.6. The highest BCUT2D eigenvalue weighted by Gasteiger charge is 2.12. The molecule has 6 nitrogen and oxygen atoms in total. The van der Waals surface area contributed by atoms with Crippen molar-refractivity contribution >= 4 is 5.91 Å². The highest BCUT2D eigenvalue weighted by molar-refractivity contribution is 5.94. The Morgan fingerprint density at radius 2 is 1.73 bits per heavy atom. The molecule has 1 atom stereocenters. The number of rotatable bonds is 7. The van der Waals surface area contributed by atoms with Crippen LogP contribution in [0.2, 0.25) is 0 Å². The van der Waals surface area contributed by atoms with E-state index in [1.807, 2.05) is 85.8 Å². The quantitative estimate of drug-likeness (QED) is 0.503. The van der Waals surface area contributed by atoms with E-state index >= 15 is 0 Å². The van der Waals surface area contributed by atoms with Gasteiger partial charge in [-0.3, -0.25) is 4.79 Å². The Hall–Kier alpha value is -3.93. The minimum absolute atomic E-state index is 0.113. The van der Waals surface area contributed by atoms with Gasteiger partial charge in [0.1, 0.15) is 25.0 Å². The highest BCUT2D eigenvalue weighted by atomic mass is 16.5. The van der Waals surface area contributed by atoms with E-state index < -0.39 is 0 Å². The summed E-state index contributed by atoms with van der Waals surface area (Å²) in [6.45, 7) is 2.42. The number of benzene rings is 3. The summed E-state index contributed by atoms with van der Waals surface area (Å²) in [5.41, 5.74) is 3.56. The molecule has 1 aromatic heterocycles. The van der Waals surface area contributed by atoms with E-state index in [0.717, 1.165) is 22.6 Å². The first kappa shape index (κ1) is 19.4. The van der Waals surface area contributed by atoms with Crippen LogP contribution in [0.4, 0.5) is 0 Å². The van der Waals surface area contributed by atoms with Gasteiger partial charge < -0.3 is 10.1 Å². The SMILES string of the molecule is CC(NC(=O)c1ccc(COc2ccccc2)cc1)c1ccc(-n2cncn2)cc1. The number of amides is 1. The van der Waals surface area contributed by atoms with Crippen LogP contribution in [-0.4, -0.2) is 20.7 Å². The summed E-state index contributed by atoms with van der Waals surface area (Å²) < 4.78 is 7.43. The van der Waals surface area contributed by atoms with Crippen LogP contribution in [0, 0.1) is 0 Å². The van der Waals surface area contributed by atoms with Gasteiger partial charge in [-0.1, -0.05) is 42.5 Å². The molecule has 4 aromatic rings. The van der Waals surface area contributed by atoms with Crippen molar-refractivity contribution < 1.29 is 9.53 Å². The van der Waals surface area contributed by atoms with E-state index in [1.54, 1.807) is 11.0 Å². The van der Waals surface area contributed by atoms with Gasteiger partial charge in [0.05, 0.1) is 11.7 Å². The topological polar surface area (TPSA) is 69.0 Å². The fraction of sp³-hybridized carbons (Fsp3) is 0.125. The Morgan fingerprint density at radius 1 is 1.00 bits per heavy atom. The van der Waals surface area contributed by atoms with Gasteiger partial charge >= 0.3 is 0 Å². The van der Waals surface area contributed by atoms with E-state index in [4.69, 9.17) is 4.74 Å². The molecule has 1 heterocycles. The summed E-state index contributed by atoms with van der Waals surface area (Å²) in [6, 6.07) is 24.9. The molecule has 0 saturated heterocycles. The zero-order valence-electron chi connectivity index (χ0n) is 16.6. The lowest BCUT2D eigenvalue weighted by Crippen LogP contribution is -2.26. The number of ether oxygens (including phenoxy) is 1. The molecule has 3 aromatic carbocycles. The summed E-state index contributed by atoms with van der Waals surface area (Å²) in [5, 5.41) is 7.15. The number of hydrogen-bond donors (Lipinski definition) is 1. The van der Waals surface area contributed by atoms with Gasteiger partial charge in [-0.15, -0.1) is 0 Å². The summed E-state index contributed by atoms with van der Waals surface area (Å²) >= 11 is 0. The van der Waals surface area contributed by atoms with Crippen molar-refractivity contribution in [3.63, 3.8) is 0 Å². The van der Waals surface area contributed by atoms with Crippen molar-refractivity contribution in [2.75, 3.05) is 0 Å². The second-order valence-electron chi connectivity index (χ2n) is 6.93. The summed E-state index contributed by atoms with van der Waals surface area (Å²) in [6.07, 6.45) is 3.14. The third kappa shape index (κ3) is 4.72. The molecule has 6 heteroatoms. The van der Waals surface area contributed by atoms with Gasteiger partial charge in [0.2, 0.25) is 0 Å². The van der Waals surface area contributed by atoms with E-state index in [1.165, 1.54) is 6.33 Å². The molecule has 0 radical (unpaired) electrons. The molecular weight excluding hydrogens is 376 g/mol. The second-order valence-corrected chi connectivity index (χ2v) is 6.93. The Morgan fingerprint density at radius 3 is 2.40 bits per heavy atom. The number of nitrogens with one attached hydrogen (secondary N) is 1. The molecule has 1 unspecified atom stereocenters. The molecule has 1 N–H and O–H groups in total. The molecule has 150 valence electrons. The third-order valence-electron chi connectivity index (χ3n) is 4.79. The van der Waals surface area contributed by atoms with Gasteiger partial charge in [-0.2, -0.15) is 5.10 Å². The largest absolute Gasteiger partial charge is 0.489 e. The maximum Gasteiger partial charge on any atom is 0.251 e. The van der Waals surface area contributed by atoms with E-state index in [2.05, 4.69) is 15.4 Å². The first-order chi connectivity index (χ1) is 14.7. The average Bonchev–Trinajstić information content (AvgIpc) is 3.34.